The molecule has 0 heterocycles. The maximum absolute atomic E-state index is 12.2. The minimum absolute atomic E-state index is 0.128. The Balaban J connectivity index is 4.56. The van der Waals surface area contributed by atoms with E-state index >= 15 is 0 Å². The van der Waals surface area contributed by atoms with E-state index in [1.807, 2.05) is 34.7 Å². The third kappa shape index (κ3) is 3.49. The maximum atomic E-state index is 12.2. The van der Waals surface area contributed by atoms with Gasteiger partial charge in [0, 0.05) is 19.1 Å². The van der Waals surface area contributed by atoms with Crippen LogP contribution in [-0.4, -0.2) is 29.9 Å². The van der Waals surface area contributed by atoms with E-state index in [4.69, 9.17) is 5.73 Å². The highest BCUT2D eigenvalue weighted by molar-refractivity contribution is 5.83. The zero-order chi connectivity index (χ0) is 12.3. The van der Waals surface area contributed by atoms with Crippen molar-refractivity contribution in [3.05, 3.63) is 0 Å². The fraction of sp³-hybridized carbons (Fsp3) is 0.917. The van der Waals surface area contributed by atoms with Gasteiger partial charge in [-0.05, 0) is 34.1 Å². The highest BCUT2D eigenvalue weighted by Gasteiger charge is 2.41. The summed E-state index contributed by atoms with van der Waals surface area (Å²) in [6, 6.07) is 0. The first-order valence-electron chi connectivity index (χ1n) is 5.69. The molecule has 2 N–H and O–H groups in total. The second-order valence-electron chi connectivity index (χ2n) is 5.43. The lowest BCUT2D eigenvalue weighted by Crippen LogP contribution is -2.55. The highest BCUT2D eigenvalue weighted by atomic mass is 16.2. The van der Waals surface area contributed by atoms with Crippen molar-refractivity contribution in [1.82, 2.24) is 4.90 Å². The summed E-state index contributed by atoms with van der Waals surface area (Å²) >= 11 is 0. The van der Waals surface area contributed by atoms with Gasteiger partial charge in [0.05, 0.1) is 5.41 Å². The standard InChI is InChI=1S/C12H26N2O/c1-7-8-9-14(6)10(15)11(2,3)12(4,5)13/h7-9,13H2,1-6H3. The molecule has 0 aromatic heterocycles. The van der Waals surface area contributed by atoms with Crippen LogP contribution in [0, 0.1) is 5.41 Å². The van der Waals surface area contributed by atoms with Gasteiger partial charge in [0.15, 0.2) is 0 Å². The SMILES string of the molecule is CCCCN(C)C(=O)C(C)(C)C(C)(C)N. The lowest BCUT2D eigenvalue weighted by atomic mass is 9.74. The van der Waals surface area contributed by atoms with E-state index in [9.17, 15) is 4.79 Å². The average Bonchev–Trinajstić information content (AvgIpc) is 2.10. The number of carbonyl (C=O) groups is 1. The number of amides is 1. The fourth-order valence-corrected chi connectivity index (χ4v) is 1.25. The zero-order valence-corrected chi connectivity index (χ0v) is 11.1. The smallest absolute Gasteiger partial charge is 0.229 e. The Morgan fingerprint density at radius 2 is 1.73 bits per heavy atom. The molecule has 0 spiro atoms. The predicted octanol–water partition coefficient (Wildman–Crippen LogP) is 2.01. The zero-order valence-electron chi connectivity index (χ0n) is 11.1. The number of carbonyl (C=O) groups excluding carboxylic acids is 1. The second-order valence-corrected chi connectivity index (χ2v) is 5.43. The van der Waals surface area contributed by atoms with Crippen molar-refractivity contribution < 1.29 is 4.79 Å². The van der Waals surface area contributed by atoms with E-state index in [2.05, 4.69) is 6.92 Å². The first-order valence-corrected chi connectivity index (χ1v) is 5.69. The normalized spacial score (nSPS) is 12.7. The molecule has 0 fully saturated rings. The summed E-state index contributed by atoms with van der Waals surface area (Å²) in [5, 5.41) is 0. The molecule has 0 rings (SSSR count). The second kappa shape index (κ2) is 4.97. The van der Waals surface area contributed by atoms with Crippen molar-refractivity contribution in [1.29, 1.82) is 0 Å². The van der Waals surface area contributed by atoms with Crippen LogP contribution in [0.4, 0.5) is 0 Å². The van der Waals surface area contributed by atoms with Crippen LogP contribution < -0.4 is 5.73 Å². The molecular weight excluding hydrogens is 188 g/mol. The van der Waals surface area contributed by atoms with E-state index in [0.29, 0.717) is 0 Å². The largest absolute Gasteiger partial charge is 0.345 e. The number of hydrogen-bond acceptors (Lipinski definition) is 2. The van der Waals surface area contributed by atoms with E-state index in [0.717, 1.165) is 19.4 Å². The average molecular weight is 214 g/mol. The number of nitrogens with zero attached hydrogens (tertiary/aromatic N) is 1. The van der Waals surface area contributed by atoms with Gasteiger partial charge in [0.25, 0.3) is 0 Å². The number of unbranched alkanes of at least 4 members (excludes halogenated alkanes) is 1. The Labute approximate surface area is 94.0 Å². The van der Waals surface area contributed by atoms with Crippen molar-refractivity contribution in [2.75, 3.05) is 13.6 Å². The van der Waals surface area contributed by atoms with Gasteiger partial charge in [-0.15, -0.1) is 0 Å². The summed E-state index contributed by atoms with van der Waals surface area (Å²) < 4.78 is 0. The molecule has 90 valence electrons. The summed E-state index contributed by atoms with van der Waals surface area (Å²) in [7, 11) is 1.85. The van der Waals surface area contributed by atoms with Gasteiger partial charge < -0.3 is 10.6 Å². The van der Waals surface area contributed by atoms with Gasteiger partial charge in [-0.1, -0.05) is 13.3 Å². The molecule has 0 aromatic carbocycles. The van der Waals surface area contributed by atoms with Crippen molar-refractivity contribution >= 4 is 5.91 Å². The van der Waals surface area contributed by atoms with E-state index in [-0.39, 0.29) is 5.91 Å². The van der Waals surface area contributed by atoms with Crippen LogP contribution in [0.25, 0.3) is 0 Å². The van der Waals surface area contributed by atoms with Crippen LogP contribution in [0.5, 0.6) is 0 Å². The third-order valence-electron chi connectivity index (χ3n) is 3.34. The van der Waals surface area contributed by atoms with Gasteiger partial charge in [0.1, 0.15) is 0 Å². The minimum Gasteiger partial charge on any atom is -0.345 e. The first kappa shape index (κ1) is 14.4. The van der Waals surface area contributed by atoms with Gasteiger partial charge >= 0.3 is 0 Å². The first-order chi connectivity index (χ1) is 6.64. The van der Waals surface area contributed by atoms with Crippen LogP contribution >= 0.6 is 0 Å². The fourth-order valence-electron chi connectivity index (χ4n) is 1.25. The van der Waals surface area contributed by atoms with E-state index < -0.39 is 11.0 Å². The molecule has 0 bridgehead atoms. The molecule has 0 aliphatic heterocycles. The van der Waals surface area contributed by atoms with Crippen molar-refractivity contribution in [2.24, 2.45) is 11.1 Å². The molecule has 0 atom stereocenters. The number of hydrogen-bond donors (Lipinski definition) is 1. The monoisotopic (exact) mass is 214 g/mol. The maximum Gasteiger partial charge on any atom is 0.229 e. The number of nitrogens with two attached hydrogens (primary N) is 1. The molecule has 0 aromatic rings. The molecule has 0 saturated carbocycles. The minimum atomic E-state index is -0.518. The van der Waals surface area contributed by atoms with Gasteiger partial charge in [0.2, 0.25) is 5.91 Å². The van der Waals surface area contributed by atoms with Gasteiger partial charge in [-0.2, -0.15) is 0 Å². The quantitative estimate of drug-likeness (QED) is 0.761. The Morgan fingerprint density at radius 3 is 2.07 bits per heavy atom. The summed E-state index contributed by atoms with van der Waals surface area (Å²) in [6.07, 6.45) is 2.15. The Hall–Kier alpha value is -0.570. The lowest BCUT2D eigenvalue weighted by Gasteiger charge is -2.39. The van der Waals surface area contributed by atoms with Gasteiger partial charge in [-0.3, -0.25) is 4.79 Å². The molecule has 0 radical (unpaired) electrons. The van der Waals surface area contributed by atoms with E-state index in [1.54, 1.807) is 4.90 Å². The Kier molecular flexibility index (Phi) is 4.78. The molecule has 0 unspecified atom stereocenters. The Bertz CT molecular complexity index is 216. The molecule has 0 saturated heterocycles. The molecule has 0 aliphatic carbocycles. The lowest BCUT2D eigenvalue weighted by molar-refractivity contribution is -0.142. The van der Waals surface area contributed by atoms with Crippen LogP contribution in [0.15, 0.2) is 0 Å². The van der Waals surface area contributed by atoms with Crippen molar-refractivity contribution in [2.45, 2.75) is 53.0 Å². The van der Waals surface area contributed by atoms with E-state index in [1.165, 1.54) is 0 Å². The topological polar surface area (TPSA) is 46.3 Å². The van der Waals surface area contributed by atoms with Crippen LogP contribution in [0.2, 0.25) is 0 Å². The van der Waals surface area contributed by atoms with Gasteiger partial charge in [-0.25, -0.2) is 0 Å². The summed E-state index contributed by atoms with van der Waals surface area (Å²) in [5.74, 6) is 0.128. The van der Waals surface area contributed by atoms with Crippen molar-refractivity contribution in [3.63, 3.8) is 0 Å². The molecule has 3 nitrogen and oxygen atoms in total. The van der Waals surface area contributed by atoms with Crippen LogP contribution in [0.3, 0.4) is 0 Å². The molecule has 1 amide bonds. The predicted molar refractivity (Wildman–Crippen MR) is 64.6 cm³/mol. The highest BCUT2D eigenvalue weighted by Crippen LogP contribution is 2.30. The van der Waals surface area contributed by atoms with Crippen LogP contribution in [0.1, 0.15) is 47.5 Å². The summed E-state index contributed by atoms with van der Waals surface area (Å²) in [5.41, 5.74) is 5.02. The molecule has 3 heteroatoms. The van der Waals surface area contributed by atoms with Crippen molar-refractivity contribution in [3.8, 4) is 0 Å². The molecule has 0 aliphatic rings. The molecular formula is C12H26N2O. The Morgan fingerprint density at radius 1 is 1.27 bits per heavy atom. The summed E-state index contributed by atoms with van der Waals surface area (Å²) in [4.78, 5) is 14.0. The molecule has 15 heavy (non-hydrogen) atoms. The number of rotatable bonds is 5. The van der Waals surface area contributed by atoms with Crippen LogP contribution in [-0.2, 0) is 4.79 Å². The summed E-state index contributed by atoms with van der Waals surface area (Å²) in [6.45, 7) is 10.6. The third-order valence-corrected chi connectivity index (χ3v) is 3.34.